The van der Waals surface area contributed by atoms with Gasteiger partial charge in [0.1, 0.15) is 0 Å². The molecule has 0 N–H and O–H groups in total. The maximum atomic E-state index is 2.99. The van der Waals surface area contributed by atoms with Crippen molar-refractivity contribution in [2.75, 3.05) is 6.16 Å². The molecule has 0 aromatic heterocycles. The Bertz CT molecular complexity index is 994. The van der Waals surface area contributed by atoms with E-state index in [1.165, 1.54) is 44.7 Å². The zero-order chi connectivity index (χ0) is 36.5. The van der Waals surface area contributed by atoms with Crippen molar-refractivity contribution >= 4 is 70.4 Å². The maximum Gasteiger partial charge on any atom is 0.0499 e. The molecule has 1 aromatic carbocycles. The van der Waals surface area contributed by atoms with E-state index in [1.54, 1.807) is 0 Å². The van der Waals surface area contributed by atoms with Crippen LogP contribution in [-0.2, 0) is 4.28 Å². The first-order valence-electron chi connectivity index (χ1n) is 19.2. The molecule has 0 aliphatic rings. The highest BCUT2D eigenvalue weighted by Gasteiger charge is 2.61. The molecule has 0 fully saturated rings. The van der Waals surface area contributed by atoms with Gasteiger partial charge in [0.15, 0.2) is 0 Å². The Balaban J connectivity index is 4.58. The molecule has 0 nitrogen and oxygen atoms in total. The summed E-state index contributed by atoms with van der Waals surface area (Å²) in [6.45, 7) is 59.9. The molecule has 0 bridgehead atoms. The minimum absolute atomic E-state index is 0.421. The highest BCUT2D eigenvalue weighted by Crippen LogP contribution is 2.52. The molecule has 0 saturated heterocycles. The van der Waals surface area contributed by atoms with Gasteiger partial charge < -0.3 is 0 Å². The van der Waals surface area contributed by atoms with E-state index in [0.29, 0.717) is 4.28 Å². The van der Waals surface area contributed by atoms with E-state index >= 15 is 0 Å². The van der Waals surface area contributed by atoms with Crippen molar-refractivity contribution in [1.82, 2.24) is 0 Å². The molecule has 1 rings (SSSR count). The lowest BCUT2D eigenvalue weighted by Crippen LogP contribution is -2.74. The minimum Gasteiger partial charge on any atom is -0.0898 e. The summed E-state index contributed by atoms with van der Waals surface area (Å²) in [6.07, 6.45) is 9.86. The topological polar surface area (TPSA) is 0 Å². The lowest BCUT2D eigenvalue weighted by Gasteiger charge is -2.60. The molecule has 0 spiro atoms. The highest BCUT2D eigenvalue weighted by molar-refractivity contribution is 7.47. The van der Waals surface area contributed by atoms with E-state index in [9.17, 15) is 0 Å². The first-order chi connectivity index (χ1) is 20.3. The summed E-state index contributed by atoms with van der Waals surface area (Å²) in [5.74, 6) is 0. The molecule has 0 aliphatic heterocycles. The SMILES string of the molecule is CCCCCCCCPc1c(C([Si](C)(C)C)[Si](C)(C)C)cc(C([Si](C)(C)C)([Si](C)(C)C)[Si](C)(C)C)cc1C([Si](C)(C)C)[Si](C)(C)C. The molecular formula is C38H85PSi7. The monoisotopic (exact) mass is 768 g/mol. The number of hydrogen-bond acceptors (Lipinski definition) is 0. The van der Waals surface area contributed by atoms with Crippen molar-refractivity contribution in [2.45, 2.75) is 198 Å². The molecule has 1 atom stereocenters. The standard InChI is InChI=1S/C38H85PSi7/c1-23-24-25-26-27-28-29-39-35-33(36(40(2,3)4)41(5,6)7)30-32(31-34(35)37(42(8,9)10)43(11,12)13)38(44(14,15)16,45(17,18)19)46(20,21)22/h30-31,36-37,39H,23-29H2,1-22H3. The van der Waals surface area contributed by atoms with Gasteiger partial charge in [-0.25, -0.2) is 0 Å². The van der Waals surface area contributed by atoms with Crippen LogP contribution < -0.4 is 5.30 Å². The second-order valence-corrected chi connectivity index (χ2v) is 63.6. The maximum absolute atomic E-state index is 2.99. The fraction of sp³-hybridized carbons (Fsp3) is 0.842. The zero-order valence-corrected chi connectivity index (χ0v) is 43.8. The van der Waals surface area contributed by atoms with Crippen molar-refractivity contribution in [3.8, 4) is 0 Å². The van der Waals surface area contributed by atoms with E-state index in [1.807, 2.05) is 22.0 Å². The average molecular weight is 770 g/mol. The van der Waals surface area contributed by atoms with E-state index < -0.39 is 56.5 Å². The lowest BCUT2D eigenvalue weighted by atomic mass is 10.1. The average Bonchev–Trinajstić information content (AvgIpc) is 2.73. The quantitative estimate of drug-likeness (QED) is 0.0793. The highest BCUT2D eigenvalue weighted by atomic mass is 31.1. The molecule has 46 heavy (non-hydrogen) atoms. The predicted molar refractivity (Wildman–Crippen MR) is 243 cm³/mol. The zero-order valence-electron chi connectivity index (χ0n) is 35.8. The third-order valence-corrected chi connectivity index (χ3v) is 52.1. The number of rotatable bonds is 18. The van der Waals surface area contributed by atoms with Crippen LogP contribution in [0.3, 0.4) is 0 Å². The summed E-state index contributed by atoms with van der Waals surface area (Å²) < 4.78 is 0.421. The van der Waals surface area contributed by atoms with Gasteiger partial charge >= 0.3 is 0 Å². The van der Waals surface area contributed by atoms with Gasteiger partial charge in [-0.05, 0) is 49.2 Å². The van der Waals surface area contributed by atoms with Crippen molar-refractivity contribution in [3.63, 3.8) is 0 Å². The van der Waals surface area contributed by atoms with Crippen LogP contribution in [-0.4, -0.2) is 62.7 Å². The molecule has 0 aliphatic carbocycles. The smallest absolute Gasteiger partial charge is 0.0499 e. The Kier molecular flexibility index (Phi) is 15.5. The van der Waals surface area contributed by atoms with Crippen LogP contribution in [0.1, 0.15) is 72.5 Å². The predicted octanol–water partition coefficient (Wildman–Crippen LogP) is 13.9. The van der Waals surface area contributed by atoms with Crippen LogP contribution in [0.15, 0.2) is 12.1 Å². The van der Waals surface area contributed by atoms with Gasteiger partial charge in [0.2, 0.25) is 0 Å². The first kappa shape index (κ1) is 45.2. The third kappa shape index (κ3) is 10.6. The molecule has 0 amide bonds. The van der Waals surface area contributed by atoms with E-state index in [-0.39, 0.29) is 0 Å². The van der Waals surface area contributed by atoms with Gasteiger partial charge in [-0.15, -0.1) is 0 Å². The Hall–Kier alpha value is 1.17. The molecule has 0 saturated carbocycles. The van der Waals surface area contributed by atoms with Crippen LogP contribution >= 0.6 is 8.58 Å². The van der Waals surface area contributed by atoms with Gasteiger partial charge in [-0.1, -0.05) is 197 Å². The summed E-state index contributed by atoms with van der Waals surface area (Å²) in [5.41, 5.74) is 5.65. The minimum atomic E-state index is -1.64. The fourth-order valence-corrected chi connectivity index (χ4v) is 69.4. The summed E-state index contributed by atoms with van der Waals surface area (Å²) in [7, 11) is -9.98. The van der Waals surface area contributed by atoms with Gasteiger partial charge in [-0.2, -0.15) is 0 Å². The largest absolute Gasteiger partial charge is 0.0898 e. The molecule has 1 unspecified atom stereocenters. The van der Waals surface area contributed by atoms with Gasteiger partial charge in [0.25, 0.3) is 0 Å². The van der Waals surface area contributed by atoms with E-state index in [2.05, 4.69) is 157 Å². The Morgan fingerprint density at radius 3 is 1.07 bits per heavy atom. The van der Waals surface area contributed by atoms with Crippen molar-refractivity contribution in [3.05, 3.63) is 28.8 Å². The Labute approximate surface area is 301 Å². The molecule has 0 radical (unpaired) electrons. The second-order valence-electron chi connectivity index (χ2n) is 22.6. The summed E-state index contributed by atoms with van der Waals surface area (Å²) in [6, 6.07) is 5.99. The van der Waals surface area contributed by atoms with E-state index in [4.69, 9.17) is 0 Å². The molecular weight excluding hydrogens is 684 g/mol. The summed E-state index contributed by atoms with van der Waals surface area (Å²) in [5, 5.41) is 3.51. The van der Waals surface area contributed by atoms with Gasteiger partial charge in [0.05, 0.1) is 0 Å². The van der Waals surface area contributed by atoms with Gasteiger partial charge in [0, 0.05) is 56.5 Å². The van der Waals surface area contributed by atoms with Crippen LogP contribution in [0.4, 0.5) is 0 Å². The number of unbranched alkanes of at least 4 members (excludes halogenated alkanes) is 5. The molecule has 270 valence electrons. The van der Waals surface area contributed by atoms with Crippen molar-refractivity contribution in [1.29, 1.82) is 0 Å². The second kappa shape index (κ2) is 15.8. The van der Waals surface area contributed by atoms with Crippen molar-refractivity contribution < 1.29 is 0 Å². The van der Waals surface area contributed by atoms with Crippen LogP contribution in [0.5, 0.6) is 0 Å². The summed E-state index contributed by atoms with van der Waals surface area (Å²) >= 11 is 0. The van der Waals surface area contributed by atoms with Crippen LogP contribution in [0, 0.1) is 0 Å². The van der Waals surface area contributed by atoms with Crippen LogP contribution in [0.25, 0.3) is 0 Å². The molecule has 0 heterocycles. The van der Waals surface area contributed by atoms with Gasteiger partial charge in [-0.3, -0.25) is 0 Å². The first-order valence-corrected chi connectivity index (χ1v) is 45.2. The Morgan fingerprint density at radius 1 is 0.478 bits per heavy atom. The summed E-state index contributed by atoms with van der Waals surface area (Å²) in [4.78, 5) is 0. The third-order valence-electron chi connectivity index (χ3n) is 10.9. The number of hydrogen-bond donors (Lipinski definition) is 0. The molecule has 8 heteroatoms. The van der Waals surface area contributed by atoms with Crippen molar-refractivity contribution in [2.24, 2.45) is 0 Å². The molecule has 1 aromatic rings. The fourth-order valence-electron chi connectivity index (χ4n) is 11.8. The van der Waals surface area contributed by atoms with Crippen LogP contribution in [0.2, 0.25) is 137 Å². The lowest BCUT2D eigenvalue weighted by molar-refractivity contribution is 0.626. The van der Waals surface area contributed by atoms with E-state index in [0.717, 1.165) is 18.9 Å². The normalized spacial score (nSPS) is 15.2. The Morgan fingerprint density at radius 2 is 0.783 bits per heavy atom. The number of benzene rings is 1.